The number of carbonyl (C=O) groups excluding carboxylic acids is 2. The first-order valence-corrected chi connectivity index (χ1v) is 21.1. The van der Waals surface area contributed by atoms with E-state index in [-0.39, 0.29) is 64.6 Å². The standard InChI is InChI=1S/C19H14Cl2N4O5S.C17H14N4O6S2/c20-14-7-4-8-16(18(14)21)23-19(26)22-15-10-9-12(25(27)28)11-17(15)24-31(29,30)13-5-2-1-3-6-13;22-15-10-11(21(24)25)7-8-14(15)19-17(23)18-12-4-1-2-5-13(12)20-29(26,27)16-6-3-9-28-16/h1-11,24H,(H2,22,23,26);1-10,20,22H,(H2,18,19,23). The van der Waals surface area contributed by atoms with Gasteiger partial charge in [0, 0.05) is 18.2 Å². The number of nitro groups is 2. The maximum absolute atomic E-state index is 12.7. The molecule has 0 aliphatic rings. The summed E-state index contributed by atoms with van der Waals surface area (Å²) in [6.45, 7) is 0. The number of urea groups is 2. The van der Waals surface area contributed by atoms with Gasteiger partial charge in [0.15, 0.2) is 0 Å². The zero-order valence-corrected chi connectivity index (χ0v) is 34.0. The van der Waals surface area contributed by atoms with Crippen LogP contribution in [0.5, 0.6) is 5.75 Å². The first kappa shape index (κ1) is 44.1. The van der Waals surface area contributed by atoms with Crippen molar-refractivity contribution >= 4 is 112 Å². The van der Waals surface area contributed by atoms with Crippen molar-refractivity contribution < 1.29 is 41.4 Å². The summed E-state index contributed by atoms with van der Waals surface area (Å²) >= 11 is 13.0. The highest BCUT2D eigenvalue weighted by Crippen LogP contribution is 2.33. The maximum atomic E-state index is 12.7. The molecule has 0 fully saturated rings. The van der Waals surface area contributed by atoms with Crippen LogP contribution in [0.3, 0.4) is 0 Å². The molecule has 19 nitrogen and oxygen atoms in total. The van der Waals surface area contributed by atoms with Gasteiger partial charge in [-0.2, -0.15) is 0 Å². The van der Waals surface area contributed by atoms with Gasteiger partial charge in [-0.25, -0.2) is 26.4 Å². The molecule has 7 N–H and O–H groups in total. The van der Waals surface area contributed by atoms with Gasteiger partial charge < -0.3 is 26.4 Å². The van der Waals surface area contributed by atoms with Crippen molar-refractivity contribution in [1.29, 1.82) is 0 Å². The largest absolute Gasteiger partial charge is 0.506 e. The molecule has 0 saturated carbocycles. The van der Waals surface area contributed by atoms with Gasteiger partial charge in [-0.3, -0.25) is 29.7 Å². The molecule has 0 bridgehead atoms. The molecule has 0 unspecified atom stereocenters. The minimum absolute atomic E-state index is 0.0132. The number of hydrogen-bond donors (Lipinski definition) is 7. The molecular formula is C36H28Cl2N8O11S3. The van der Waals surface area contributed by atoms with Crippen molar-refractivity contribution in [3.8, 4) is 5.75 Å². The van der Waals surface area contributed by atoms with E-state index in [4.69, 9.17) is 23.2 Å². The summed E-state index contributed by atoms with van der Waals surface area (Å²) in [6.07, 6.45) is 0. The van der Waals surface area contributed by atoms with E-state index < -0.39 is 47.7 Å². The molecule has 6 aromatic rings. The van der Waals surface area contributed by atoms with Crippen molar-refractivity contribution in [2.24, 2.45) is 0 Å². The van der Waals surface area contributed by atoms with Gasteiger partial charge in [-0.1, -0.05) is 65.7 Å². The molecule has 60 heavy (non-hydrogen) atoms. The number of hydrogen-bond acceptors (Lipinski definition) is 12. The number of non-ortho nitro benzene ring substituents is 2. The summed E-state index contributed by atoms with van der Waals surface area (Å²) in [7, 11) is -7.88. The smallest absolute Gasteiger partial charge is 0.323 e. The van der Waals surface area contributed by atoms with Gasteiger partial charge in [0.25, 0.3) is 31.4 Å². The van der Waals surface area contributed by atoms with Crippen LogP contribution in [0, 0.1) is 20.2 Å². The van der Waals surface area contributed by atoms with Crippen molar-refractivity contribution in [1.82, 2.24) is 0 Å². The van der Waals surface area contributed by atoms with Crippen LogP contribution in [0.25, 0.3) is 0 Å². The molecule has 310 valence electrons. The van der Waals surface area contributed by atoms with E-state index in [0.29, 0.717) is 0 Å². The average molecular weight is 916 g/mol. The Bertz CT molecular complexity index is 2800. The minimum atomic E-state index is -4.07. The Kier molecular flexibility index (Phi) is 14.1. The maximum Gasteiger partial charge on any atom is 0.323 e. The van der Waals surface area contributed by atoms with Crippen molar-refractivity contribution in [2.75, 3.05) is 30.7 Å². The van der Waals surface area contributed by atoms with E-state index in [1.54, 1.807) is 41.8 Å². The fraction of sp³-hybridized carbons (Fsp3) is 0. The molecule has 6 rings (SSSR count). The molecule has 1 aromatic heterocycles. The summed E-state index contributed by atoms with van der Waals surface area (Å²) in [5.41, 5.74) is -0.414. The second-order valence-electron chi connectivity index (χ2n) is 11.7. The predicted molar refractivity (Wildman–Crippen MR) is 228 cm³/mol. The molecule has 5 aromatic carbocycles. The Morgan fingerprint density at radius 3 is 1.68 bits per heavy atom. The monoisotopic (exact) mass is 914 g/mol. The average Bonchev–Trinajstić information content (AvgIpc) is 3.76. The lowest BCUT2D eigenvalue weighted by Crippen LogP contribution is -2.21. The van der Waals surface area contributed by atoms with Crippen molar-refractivity contribution in [3.05, 3.63) is 157 Å². The first-order chi connectivity index (χ1) is 28.4. The number of carbonyl (C=O) groups is 2. The topological polar surface area (TPSA) is 281 Å². The van der Waals surface area contributed by atoms with E-state index in [0.717, 1.165) is 35.6 Å². The third-order valence-electron chi connectivity index (χ3n) is 7.58. The number of rotatable bonds is 12. The molecule has 0 atom stereocenters. The summed E-state index contributed by atoms with van der Waals surface area (Å²) < 4.78 is 54.9. The highest BCUT2D eigenvalue weighted by molar-refractivity contribution is 7.94. The first-order valence-electron chi connectivity index (χ1n) is 16.5. The lowest BCUT2D eigenvalue weighted by molar-refractivity contribution is -0.385. The Morgan fingerprint density at radius 1 is 0.567 bits per heavy atom. The van der Waals surface area contributed by atoms with Gasteiger partial charge in [-0.05, 0) is 60.0 Å². The molecule has 0 spiro atoms. The third-order valence-corrected chi connectivity index (χ3v) is 12.5. The number of amides is 4. The van der Waals surface area contributed by atoms with Gasteiger partial charge in [0.2, 0.25) is 0 Å². The number of anilines is 6. The quantitative estimate of drug-likeness (QED) is 0.0345. The van der Waals surface area contributed by atoms with E-state index >= 15 is 0 Å². The number of thiophene rings is 1. The molecule has 1 heterocycles. The number of benzene rings is 5. The van der Waals surface area contributed by atoms with Crippen molar-refractivity contribution in [2.45, 2.75) is 9.10 Å². The van der Waals surface area contributed by atoms with Crippen LogP contribution in [0.2, 0.25) is 10.0 Å². The summed E-state index contributed by atoms with van der Waals surface area (Å²) in [5.74, 6) is -0.485. The number of phenolic OH excluding ortho intramolecular Hbond substituents is 1. The van der Waals surface area contributed by atoms with Crippen LogP contribution in [0.1, 0.15) is 0 Å². The van der Waals surface area contributed by atoms with Crippen molar-refractivity contribution in [3.63, 3.8) is 0 Å². The van der Waals surface area contributed by atoms with E-state index in [2.05, 4.69) is 30.7 Å². The van der Waals surface area contributed by atoms with Gasteiger partial charge >= 0.3 is 12.1 Å². The van der Waals surface area contributed by atoms with Crippen LogP contribution >= 0.6 is 34.5 Å². The predicted octanol–water partition coefficient (Wildman–Crippen LogP) is 9.15. The zero-order valence-electron chi connectivity index (χ0n) is 30.0. The van der Waals surface area contributed by atoms with E-state index in [9.17, 15) is 51.8 Å². The molecular weight excluding hydrogens is 888 g/mol. The van der Waals surface area contributed by atoms with Crippen LogP contribution in [0.15, 0.2) is 136 Å². The molecule has 0 radical (unpaired) electrons. The minimum Gasteiger partial charge on any atom is -0.506 e. The highest BCUT2D eigenvalue weighted by Gasteiger charge is 2.21. The fourth-order valence-electron chi connectivity index (χ4n) is 4.83. The number of nitrogens with one attached hydrogen (secondary N) is 6. The lowest BCUT2D eigenvalue weighted by Gasteiger charge is -2.14. The Hall–Kier alpha value is -6.98. The number of para-hydroxylation sites is 2. The number of nitro benzene ring substituents is 2. The summed E-state index contributed by atoms with van der Waals surface area (Å²) in [6, 6.07) is 26.3. The summed E-state index contributed by atoms with van der Waals surface area (Å²) in [5, 5.41) is 43.4. The fourth-order valence-corrected chi connectivity index (χ4v) is 8.34. The molecule has 0 saturated heterocycles. The van der Waals surface area contributed by atoms with Crippen LogP contribution in [-0.2, 0) is 20.0 Å². The second kappa shape index (κ2) is 19.2. The molecule has 0 aliphatic carbocycles. The SMILES string of the molecule is O=C(Nc1ccc([N+](=O)[O-])cc1NS(=O)(=O)c1ccccc1)Nc1cccc(Cl)c1Cl.O=C(Nc1ccc([N+](=O)[O-])cc1O)Nc1ccccc1NS(=O)(=O)c1cccs1. The number of phenols is 1. The number of halogens is 2. The Morgan fingerprint density at radius 2 is 1.08 bits per heavy atom. The van der Waals surface area contributed by atoms with E-state index in [1.807, 2.05) is 0 Å². The normalized spacial score (nSPS) is 10.9. The zero-order chi connectivity index (χ0) is 43.6. The van der Waals surface area contributed by atoms with Gasteiger partial charge in [0.05, 0.1) is 65.0 Å². The molecule has 24 heteroatoms. The number of sulfonamides is 2. The lowest BCUT2D eigenvalue weighted by atomic mass is 10.2. The van der Waals surface area contributed by atoms with E-state index in [1.165, 1.54) is 60.7 Å². The van der Waals surface area contributed by atoms with Crippen LogP contribution in [0.4, 0.5) is 55.1 Å². The van der Waals surface area contributed by atoms with Gasteiger partial charge in [0.1, 0.15) is 9.96 Å². The van der Waals surface area contributed by atoms with Crippen LogP contribution in [-0.4, -0.2) is 43.9 Å². The highest BCUT2D eigenvalue weighted by atomic mass is 35.5. The number of aromatic hydroxyl groups is 1. The molecule has 0 aliphatic heterocycles. The van der Waals surface area contributed by atoms with Gasteiger partial charge in [-0.15, -0.1) is 11.3 Å². The Balaban J connectivity index is 0.000000228. The van der Waals surface area contributed by atoms with Crippen LogP contribution < -0.4 is 30.7 Å². The molecule has 4 amide bonds. The summed E-state index contributed by atoms with van der Waals surface area (Å²) in [4.78, 5) is 45.1. The Labute approximate surface area is 354 Å². The number of nitrogens with zero attached hydrogens (tertiary/aromatic N) is 2. The second-order valence-corrected chi connectivity index (χ2v) is 17.0. The third kappa shape index (κ3) is 11.6.